The lowest BCUT2D eigenvalue weighted by molar-refractivity contribution is -0.184. The summed E-state index contributed by atoms with van der Waals surface area (Å²) in [6.07, 6.45) is -5.71. The third kappa shape index (κ3) is 4.06. The molecular formula is C26H27F3N2O4S. The number of amides is 1. The van der Waals surface area contributed by atoms with Crippen LogP contribution in [0.25, 0.3) is 0 Å². The molecule has 1 amide bonds. The highest BCUT2D eigenvalue weighted by Crippen LogP contribution is 2.53. The normalized spacial score (nSPS) is 22.3. The second-order valence-electron chi connectivity index (χ2n) is 10.3. The van der Waals surface area contributed by atoms with Crippen LogP contribution in [0.4, 0.5) is 18.9 Å². The molecule has 1 aliphatic carbocycles. The van der Waals surface area contributed by atoms with Gasteiger partial charge in [-0.3, -0.25) is 14.5 Å². The molecule has 1 atom stereocenters. The van der Waals surface area contributed by atoms with Crippen molar-refractivity contribution >= 4 is 27.4 Å². The van der Waals surface area contributed by atoms with Crippen LogP contribution in [0.15, 0.2) is 58.6 Å². The van der Waals surface area contributed by atoms with Gasteiger partial charge < -0.3 is 0 Å². The van der Waals surface area contributed by atoms with Crippen molar-refractivity contribution in [3.63, 3.8) is 0 Å². The number of sulfonamides is 1. The first kappa shape index (κ1) is 26.1. The highest BCUT2D eigenvalue weighted by atomic mass is 32.2. The zero-order valence-corrected chi connectivity index (χ0v) is 21.4. The number of halogens is 3. The summed E-state index contributed by atoms with van der Waals surface area (Å²) in [6.45, 7) is 8.71. The molecule has 4 rings (SSSR count). The number of hydrogen-bond donors (Lipinski definition) is 1. The van der Waals surface area contributed by atoms with E-state index in [4.69, 9.17) is 0 Å². The number of rotatable bonds is 4. The molecule has 2 aromatic rings. The number of Topliss-reactive ketones (excluding diaryl/α,β-unsaturated/α-hetero) is 1. The number of nitrogens with one attached hydrogen (secondary N) is 1. The second-order valence-corrected chi connectivity index (χ2v) is 12.0. The third-order valence-corrected chi connectivity index (χ3v) is 8.28. The molecule has 0 saturated heterocycles. The molecule has 1 heterocycles. The predicted octanol–water partition coefficient (Wildman–Crippen LogP) is 4.88. The molecule has 0 bridgehead atoms. The standard InChI is InChI=1S/C26H27F3N2O4S/c1-15-6-10-19(11-7-15)36(34,35)30-25(26(27,28)29)22-20(13-24(4,5)14-21(22)32)31(23(25)33)18-9-8-16(2)17(3)12-18/h6-12,30H,13-14H2,1-5H3. The minimum atomic E-state index is -5.44. The Morgan fingerprint density at radius 3 is 2.08 bits per heavy atom. The summed E-state index contributed by atoms with van der Waals surface area (Å²) in [5.74, 6) is -2.48. The first-order valence-corrected chi connectivity index (χ1v) is 12.8. The van der Waals surface area contributed by atoms with Crippen molar-refractivity contribution in [2.45, 2.75) is 64.1 Å². The second kappa shape index (κ2) is 8.27. The Balaban J connectivity index is 1.99. The molecule has 0 aromatic heterocycles. The number of carbonyl (C=O) groups excluding carboxylic acids is 2. The maximum absolute atomic E-state index is 15.0. The summed E-state index contributed by atoms with van der Waals surface area (Å²) in [6, 6.07) is 9.91. The molecule has 2 aliphatic rings. The lowest BCUT2D eigenvalue weighted by Gasteiger charge is -2.35. The van der Waals surface area contributed by atoms with Gasteiger partial charge in [-0.05, 0) is 68.0 Å². The van der Waals surface area contributed by atoms with Gasteiger partial charge >= 0.3 is 6.18 Å². The Kier molecular flexibility index (Phi) is 6.00. The van der Waals surface area contributed by atoms with Crippen molar-refractivity contribution in [1.82, 2.24) is 4.72 Å². The van der Waals surface area contributed by atoms with Crippen LogP contribution in [0.3, 0.4) is 0 Å². The van der Waals surface area contributed by atoms with E-state index in [0.29, 0.717) is 5.56 Å². The minimum absolute atomic E-state index is 0.0170. The number of nitrogens with zero attached hydrogens (tertiary/aromatic N) is 1. The fourth-order valence-corrected chi connectivity index (χ4v) is 6.15. The number of alkyl halides is 3. The largest absolute Gasteiger partial charge is 0.421 e. The van der Waals surface area contributed by atoms with E-state index in [1.54, 1.807) is 44.5 Å². The van der Waals surface area contributed by atoms with Crippen molar-refractivity contribution in [2.24, 2.45) is 5.41 Å². The molecule has 0 saturated carbocycles. The van der Waals surface area contributed by atoms with E-state index in [2.05, 4.69) is 0 Å². The van der Waals surface area contributed by atoms with Crippen LogP contribution < -0.4 is 9.62 Å². The van der Waals surface area contributed by atoms with Gasteiger partial charge in [-0.25, -0.2) is 8.42 Å². The Labute approximate surface area is 208 Å². The average Bonchev–Trinajstić information content (AvgIpc) is 2.97. The Bertz CT molecular complexity index is 1410. The number of allylic oxidation sites excluding steroid dienone is 1. The van der Waals surface area contributed by atoms with Gasteiger partial charge in [0.25, 0.3) is 5.91 Å². The fourth-order valence-electron chi connectivity index (χ4n) is 4.83. The van der Waals surface area contributed by atoms with Crippen LogP contribution in [0.1, 0.15) is 43.4 Å². The van der Waals surface area contributed by atoms with E-state index in [0.717, 1.165) is 28.2 Å². The van der Waals surface area contributed by atoms with Crippen LogP contribution >= 0.6 is 0 Å². The molecule has 2 aromatic carbocycles. The van der Waals surface area contributed by atoms with Crippen molar-refractivity contribution < 1.29 is 31.2 Å². The van der Waals surface area contributed by atoms with Crippen LogP contribution in [-0.2, 0) is 19.6 Å². The number of benzene rings is 2. The molecule has 192 valence electrons. The number of hydrogen-bond acceptors (Lipinski definition) is 4. The summed E-state index contributed by atoms with van der Waals surface area (Å²) in [7, 11) is -4.86. The minimum Gasteiger partial charge on any atom is -0.294 e. The van der Waals surface area contributed by atoms with E-state index >= 15 is 0 Å². The highest BCUT2D eigenvalue weighted by Gasteiger charge is 2.72. The lowest BCUT2D eigenvalue weighted by Crippen LogP contribution is -2.66. The zero-order valence-electron chi connectivity index (χ0n) is 20.6. The van der Waals surface area contributed by atoms with E-state index < -0.39 is 49.3 Å². The van der Waals surface area contributed by atoms with Gasteiger partial charge in [0.05, 0.1) is 10.5 Å². The van der Waals surface area contributed by atoms with E-state index in [9.17, 15) is 31.2 Å². The van der Waals surface area contributed by atoms with Gasteiger partial charge in [0, 0.05) is 17.8 Å². The maximum Gasteiger partial charge on any atom is 0.421 e. The molecule has 1 N–H and O–H groups in total. The quantitative estimate of drug-likeness (QED) is 0.623. The molecule has 10 heteroatoms. The summed E-state index contributed by atoms with van der Waals surface area (Å²) < 4.78 is 73.1. The monoisotopic (exact) mass is 520 g/mol. The highest BCUT2D eigenvalue weighted by molar-refractivity contribution is 7.89. The SMILES string of the molecule is Cc1ccc(S(=O)(=O)NC2(C(F)(F)F)C(=O)N(c3ccc(C)c(C)c3)C3=C2C(=O)CC(C)(C)C3)cc1. The smallest absolute Gasteiger partial charge is 0.294 e. The van der Waals surface area contributed by atoms with Crippen molar-refractivity contribution in [3.05, 3.63) is 70.4 Å². The third-order valence-electron chi connectivity index (χ3n) is 6.81. The summed E-state index contributed by atoms with van der Waals surface area (Å²) in [4.78, 5) is 27.6. The maximum atomic E-state index is 15.0. The molecule has 1 unspecified atom stereocenters. The van der Waals surface area contributed by atoms with Gasteiger partial charge in [-0.2, -0.15) is 17.9 Å². The molecular weight excluding hydrogens is 493 g/mol. The molecule has 36 heavy (non-hydrogen) atoms. The molecule has 0 radical (unpaired) electrons. The zero-order chi connectivity index (χ0) is 26.8. The molecule has 1 aliphatic heterocycles. The lowest BCUT2D eigenvalue weighted by atomic mass is 9.72. The number of anilines is 1. The summed E-state index contributed by atoms with van der Waals surface area (Å²) in [5.41, 5.74) is -3.03. The van der Waals surface area contributed by atoms with Crippen LogP contribution in [0.5, 0.6) is 0 Å². The fraction of sp³-hybridized carbons (Fsp3) is 0.385. The van der Waals surface area contributed by atoms with Crippen LogP contribution in [-0.4, -0.2) is 31.8 Å². The number of aryl methyl sites for hydroxylation is 3. The Morgan fingerprint density at radius 2 is 1.53 bits per heavy atom. The predicted molar refractivity (Wildman–Crippen MR) is 129 cm³/mol. The van der Waals surface area contributed by atoms with Gasteiger partial charge in [0.1, 0.15) is 0 Å². The number of carbonyl (C=O) groups is 2. The van der Waals surface area contributed by atoms with Crippen LogP contribution in [0, 0.1) is 26.2 Å². The van der Waals surface area contributed by atoms with Crippen molar-refractivity contribution in [1.29, 1.82) is 0 Å². The van der Waals surface area contributed by atoms with Crippen molar-refractivity contribution in [2.75, 3.05) is 4.90 Å². The van der Waals surface area contributed by atoms with E-state index in [-0.39, 0.29) is 24.2 Å². The van der Waals surface area contributed by atoms with Gasteiger partial charge in [0.15, 0.2) is 5.78 Å². The summed E-state index contributed by atoms with van der Waals surface area (Å²) in [5, 5.41) is 0. The Morgan fingerprint density at radius 1 is 0.917 bits per heavy atom. The number of ketones is 1. The Hall–Kier alpha value is -2.98. The van der Waals surface area contributed by atoms with Gasteiger partial charge in [-0.15, -0.1) is 0 Å². The summed E-state index contributed by atoms with van der Waals surface area (Å²) >= 11 is 0. The van der Waals surface area contributed by atoms with Crippen molar-refractivity contribution in [3.8, 4) is 0 Å². The average molecular weight is 521 g/mol. The van der Waals surface area contributed by atoms with Gasteiger partial charge in [-0.1, -0.05) is 37.6 Å². The first-order valence-electron chi connectivity index (χ1n) is 11.4. The molecule has 0 spiro atoms. The molecule has 6 nitrogen and oxygen atoms in total. The van der Waals surface area contributed by atoms with E-state index in [1.165, 1.54) is 18.2 Å². The van der Waals surface area contributed by atoms with Gasteiger partial charge in [0.2, 0.25) is 15.6 Å². The van der Waals surface area contributed by atoms with Crippen LogP contribution in [0.2, 0.25) is 0 Å². The van der Waals surface area contributed by atoms with E-state index in [1.807, 2.05) is 6.92 Å². The molecule has 0 fully saturated rings. The topological polar surface area (TPSA) is 83.6 Å². The first-order chi connectivity index (χ1) is 16.5.